The van der Waals surface area contributed by atoms with Crippen molar-refractivity contribution in [2.75, 3.05) is 39.6 Å². The van der Waals surface area contributed by atoms with Crippen LogP contribution in [0.2, 0.25) is 0 Å². The molecule has 5 atom stereocenters. The van der Waals surface area contributed by atoms with Crippen LogP contribution in [0.4, 0.5) is 0 Å². The van der Waals surface area contributed by atoms with Gasteiger partial charge in [-0.3, -0.25) is 37.3 Å². The Hall–Kier alpha value is -2.20. The molecule has 0 amide bonds. The summed E-state index contributed by atoms with van der Waals surface area (Å²) < 4.78 is 68.8. The van der Waals surface area contributed by atoms with Crippen molar-refractivity contribution < 1.29 is 80.2 Å². The minimum atomic E-state index is -4.97. The average molecular weight is 1490 g/mol. The van der Waals surface area contributed by atoms with Crippen molar-refractivity contribution in [3.63, 3.8) is 0 Å². The molecule has 604 valence electrons. The number of carbonyl (C=O) groups is 4. The highest BCUT2D eigenvalue weighted by Gasteiger charge is 2.30. The zero-order valence-corrected chi connectivity index (χ0v) is 68.1. The fraction of sp³-hybridized carbons (Fsp3) is 0.928. The van der Waals surface area contributed by atoms with Gasteiger partial charge in [-0.15, -0.1) is 0 Å². The fourth-order valence-electron chi connectivity index (χ4n) is 12.7. The van der Waals surface area contributed by atoms with E-state index in [1.165, 1.54) is 257 Å². The molecule has 0 aromatic rings. The minimum absolute atomic E-state index is 0.0954. The van der Waals surface area contributed by atoms with E-state index in [2.05, 4.69) is 39.8 Å². The van der Waals surface area contributed by atoms with Gasteiger partial charge in [-0.1, -0.05) is 374 Å². The van der Waals surface area contributed by atoms with Crippen LogP contribution >= 0.6 is 15.6 Å². The van der Waals surface area contributed by atoms with Crippen LogP contribution < -0.4 is 0 Å². The quantitative estimate of drug-likeness (QED) is 0.0169. The van der Waals surface area contributed by atoms with Gasteiger partial charge in [0, 0.05) is 25.7 Å². The van der Waals surface area contributed by atoms with E-state index in [-0.39, 0.29) is 25.7 Å². The molecule has 0 spiro atoms. The van der Waals surface area contributed by atoms with Gasteiger partial charge in [-0.2, -0.15) is 0 Å². The van der Waals surface area contributed by atoms with E-state index in [4.69, 9.17) is 37.0 Å². The van der Waals surface area contributed by atoms with Gasteiger partial charge in [0.2, 0.25) is 0 Å². The first kappa shape index (κ1) is 99.8. The molecule has 17 nitrogen and oxygen atoms in total. The zero-order valence-electron chi connectivity index (χ0n) is 66.3. The summed E-state index contributed by atoms with van der Waals surface area (Å²) in [6.45, 7) is 5.02. The monoisotopic (exact) mass is 1490 g/mol. The van der Waals surface area contributed by atoms with Crippen LogP contribution in [0.1, 0.15) is 439 Å². The summed E-state index contributed by atoms with van der Waals surface area (Å²) in [6.07, 6.45) is 71.7. The third kappa shape index (κ3) is 76.0. The molecule has 0 heterocycles. The van der Waals surface area contributed by atoms with Crippen LogP contribution in [0.3, 0.4) is 0 Å². The summed E-state index contributed by atoms with van der Waals surface area (Å²) >= 11 is 0. The number of hydrogen-bond donors (Lipinski definition) is 3. The van der Waals surface area contributed by atoms with Gasteiger partial charge in [-0.25, -0.2) is 9.13 Å². The fourth-order valence-corrected chi connectivity index (χ4v) is 14.3. The lowest BCUT2D eigenvalue weighted by Gasteiger charge is -2.21. The Morgan fingerprint density at radius 1 is 0.265 bits per heavy atom. The van der Waals surface area contributed by atoms with Crippen molar-refractivity contribution >= 4 is 39.5 Å². The summed E-state index contributed by atoms with van der Waals surface area (Å²) in [5.41, 5.74) is 0. The minimum Gasteiger partial charge on any atom is -0.462 e. The Labute approximate surface area is 625 Å². The standard InChI is InChI=1S/C83H160O17P2/c1-5-9-13-17-21-25-29-33-37-38-42-46-50-54-58-62-66-70-83(88)100-79(74-94-81(86)68-64-60-56-52-48-44-40-35-31-27-23-19-15-11-7-3)76-98-102(91,92)96-72-77(84)71-95-101(89,90)97-75-78(99-82(87)69-65-61-57-53-49-45-41-36-32-28-24-20-16-12-8-4)73-93-80(85)67-63-59-55-51-47-43-39-34-30-26-22-18-14-10-6-2/h36,41,77-79,84H,5-35,37-40,42-76H2,1-4H3,(H,89,90)(H,91,92)/b41-36-/t77-,78-,79-/m1/s1. The Morgan fingerprint density at radius 3 is 0.676 bits per heavy atom. The molecule has 0 rings (SSSR count). The number of aliphatic hydroxyl groups is 1. The number of esters is 4. The highest BCUT2D eigenvalue weighted by atomic mass is 31.2. The van der Waals surface area contributed by atoms with E-state index in [0.29, 0.717) is 25.7 Å². The zero-order chi connectivity index (χ0) is 74.6. The van der Waals surface area contributed by atoms with Crippen molar-refractivity contribution in [3.05, 3.63) is 12.2 Å². The first-order valence-electron chi connectivity index (χ1n) is 42.9. The van der Waals surface area contributed by atoms with E-state index in [0.717, 1.165) is 103 Å². The summed E-state index contributed by atoms with van der Waals surface area (Å²) in [5, 5.41) is 10.7. The molecule has 0 bridgehead atoms. The van der Waals surface area contributed by atoms with Gasteiger partial charge >= 0.3 is 39.5 Å². The van der Waals surface area contributed by atoms with Crippen LogP contribution in [-0.4, -0.2) is 96.7 Å². The van der Waals surface area contributed by atoms with Crippen LogP contribution in [0.15, 0.2) is 12.2 Å². The van der Waals surface area contributed by atoms with E-state index in [1.807, 2.05) is 0 Å². The van der Waals surface area contributed by atoms with Gasteiger partial charge in [-0.05, 0) is 51.4 Å². The summed E-state index contributed by atoms with van der Waals surface area (Å²) in [7, 11) is -9.93. The number of ether oxygens (including phenoxy) is 4. The average Bonchev–Trinajstić information content (AvgIpc) is 1.10. The second-order valence-electron chi connectivity index (χ2n) is 29.5. The summed E-state index contributed by atoms with van der Waals surface area (Å²) in [6, 6.07) is 0. The van der Waals surface area contributed by atoms with Crippen molar-refractivity contribution in [2.45, 2.75) is 457 Å². The highest BCUT2D eigenvalue weighted by molar-refractivity contribution is 7.47. The number of hydrogen-bond acceptors (Lipinski definition) is 15. The first-order chi connectivity index (χ1) is 49.7. The van der Waals surface area contributed by atoms with Crippen LogP contribution in [-0.2, 0) is 65.4 Å². The van der Waals surface area contributed by atoms with Gasteiger partial charge < -0.3 is 33.8 Å². The number of carbonyl (C=O) groups excluding carboxylic acids is 4. The Balaban J connectivity index is 5.29. The molecular weight excluding hydrogens is 1330 g/mol. The molecule has 0 aromatic carbocycles. The van der Waals surface area contributed by atoms with Crippen molar-refractivity contribution in [1.29, 1.82) is 0 Å². The van der Waals surface area contributed by atoms with Gasteiger partial charge in [0.1, 0.15) is 19.3 Å². The Bertz CT molecular complexity index is 1980. The molecule has 0 radical (unpaired) electrons. The SMILES string of the molecule is CCCCCCCC/C=C\CCCCCCCC(=O)O[C@H](COC(=O)CCCCCCCCCCCCCCCCC)COP(=O)(O)OC[C@@H](O)COP(=O)(O)OC[C@@H](COC(=O)CCCCCCCCCCCCCCCCC)OC(=O)CCCCCCCCCCCCCCCCCCC. The van der Waals surface area contributed by atoms with Gasteiger partial charge in [0.15, 0.2) is 12.2 Å². The molecule has 0 fully saturated rings. The molecule has 3 N–H and O–H groups in total. The van der Waals surface area contributed by atoms with E-state index in [1.54, 1.807) is 0 Å². The normalized spacial score (nSPS) is 13.8. The van der Waals surface area contributed by atoms with Crippen LogP contribution in [0.5, 0.6) is 0 Å². The third-order valence-corrected chi connectivity index (χ3v) is 21.2. The molecule has 0 aliphatic carbocycles. The first-order valence-corrected chi connectivity index (χ1v) is 45.9. The second kappa shape index (κ2) is 77.0. The lowest BCUT2D eigenvalue weighted by atomic mass is 10.0. The second-order valence-corrected chi connectivity index (χ2v) is 32.4. The van der Waals surface area contributed by atoms with Gasteiger partial charge in [0.25, 0.3) is 0 Å². The van der Waals surface area contributed by atoms with E-state index in [9.17, 15) is 43.2 Å². The lowest BCUT2D eigenvalue weighted by Crippen LogP contribution is -2.30. The number of phosphoric acid groups is 2. The van der Waals surface area contributed by atoms with Gasteiger partial charge in [0.05, 0.1) is 26.4 Å². The predicted molar refractivity (Wildman–Crippen MR) is 418 cm³/mol. The largest absolute Gasteiger partial charge is 0.472 e. The third-order valence-electron chi connectivity index (χ3n) is 19.3. The molecule has 19 heteroatoms. The predicted octanol–water partition coefficient (Wildman–Crippen LogP) is 25.1. The number of phosphoric ester groups is 2. The number of unbranched alkanes of at least 4 members (excludes halogenated alkanes) is 55. The molecule has 102 heavy (non-hydrogen) atoms. The van der Waals surface area contributed by atoms with E-state index >= 15 is 0 Å². The summed E-state index contributed by atoms with van der Waals surface area (Å²) in [4.78, 5) is 73.2. The molecule has 0 saturated heterocycles. The molecule has 2 unspecified atom stereocenters. The molecule has 0 aliphatic rings. The topological polar surface area (TPSA) is 237 Å². The lowest BCUT2D eigenvalue weighted by molar-refractivity contribution is -0.161. The van der Waals surface area contributed by atoms with E-state index < -0.39 is 97.5 Å². The van der Waals surface area contributed by atoms with Crippen molar-refractivity contribution in [1.82, 2.24) is 0 Å². The number of allylic oxidation sites excluding steroid dienone is 2. The van der Waals surface area contributed by atoms with Crippen LogP contribution in [0.25, 0.3) is 0 Å². The Morgan fingerprint density at radius 2 is 0.451 bits per heavy atom. The smallest absolute Gasteiger partial charge is 0.462 e. The highest BCUT2D eigenvalue weighted by Crippen LogP contribution is 2.45. The molecular formula is C83H160O17P2. The van der Waals surface area contributed by atoms with Crippen LogP contribution in [0, 0.1) is 0 Å². The number of rotatable bonds is 83. The maximum absolute atomic E-state index is 13.1. The Kier molecular flexibility index (Phi) is 75.3. The van der Waals surface area contributed by atoms with Crippen molar-refractivity contribution in [3.8, 4) is 0 Å². The number of aliphatic hydroxyl groups excluding tert-OH is 1. The van der Waals surface area contributed by atoms with Crippen molar-refractivity contribution in [2.24, 2.45) is 0 Å². The molecule has 0 aromatic heterocycles. The maximum atomic E-state index is 13.1. The molecule has 0 aliphatic heterocycles. The maximum Gasteiger partial charge on any atom is 0.472 e. The summed E-state index contributed by atoms with van der Waals surface area (Å²) in [5.74, 6) is -2.12. The molecule has 0 saturated carbocycles.